The highest BCUT2D eigenvalue weighted by Crippen LogP contribution is 2.26. The second kappa shape index (κ2) is 4.94. The highest BCUT2D eigenvalue weighted by atomic mass is 79.9. The summed E-state index contributed by atoms with van der Waals surface area (Å²) in [6.07, 6.45) is 0. The number of methoxy groups -OCH3 is 1. The zero-order valence-corrected chi connectivity index (χ0v) is 11.1. The summed E-state index contributed by atoms with van der Waals surface area (Å²) in [6, 6.07) is 3.60. The quantitative estimate of drug-likeness (QED) is 0.630. The molecule has 0 saturated heterocycles. The summed E-state index contributed by atoms with van der Waals surface area (Å²) >= 11 is 6.54. The molecule has 0 spiro atoms. The minimum Gasteiger partial charge on any atom is -0.497 e. The molecule has 0 heterocycles. The topological polar surface area (TPSA) is 26.3 Å². The van der Waals surface area contributed by atoms with Crippen molar-refractivity contribution in [1.29, 1.82) is 0 Å². The summed E-state index contributed by atoms with van der Waals surface area (Å²) in [5.41, 5.74) is 1.63. The lowest BCUT2D eigenvalue weighted by atomic mass is 10.1. The van der Waals surface area contributed by atoms with E-state index in [1.165, 1.54) is 0 Å². The van der Waals surface area contributed by atoms with Crippen LogP contribution in [0.1, 0.15) is 15.9 Å². The maximum atomic E-state index is 11.5. The van der Waals surface area contributed by atoms with Crippen molar-refractivity contribution >= 4 is 37.6 Å². The third-order valence-electron chi connectivity index (χ3n) is 1.98. The van der Waals surface area contributed by atoms with Gasteiger partial charge in [-0.3, -0.25) is 4.79 Å². The van der Waals surface area contributed by atoms with E-state index in [1.807, 2.05) is 13.0 Å². The SMILES string of the molecule is COc1cc(Br)c(C)c(C(=O)CBr)c1. The fraction of sp³-hybridized carbons (Fsp3) is 0.300. The van der Waals surface area contributed by atoms with E-state index in [4.69, 9.17) is 4.74 Å². The number of Topliss-reactive ketones (excluding diaryl/α,β-unsaturated/α-hetero) is 1. The first-order valence-electron chi connectivity index (χ1n) is 4.03. The molecule has 0 saturated carbocycles. The summed E-state index contributed by atoms with van der Waals surface area (Å²) < 4.78 is 5.98. The van der Waals surface area contributed by atoms with Gasteiger partial charge in [-0.25, -0.2) is 0 Å². The van der Waals surface area contributed by atoms with E-state index in [-0.39, 0.29) is 5.78 Å². The van der Waals surface area contributed by atoms with E-state index in [0.717, 1.165) is 10.0 Å². The van der Waals surface area contributed by atoms with Gasteiger partial charge in [0.15, 0.2) is 5.78 Å². The fourth-order valence-corrected chi connectivity index (χ4v) is 1.87. The van der Waals surface area contributed by atoms with Crippen LogP contribution in [0.3, 0.4) is 0 Å². The predicted molar refractivity (Wildman–Crippen MR) is 63.6 cm³/mol. The van der Waals surface area contributed by atoms with Crippen LogP contribution in [0.15, 0.2) is 16.6 Å². The van der Waals surface area contributed by atoms with Gasteiger partial charge in [0, 0.05) is 10.0 Å². The number of rotatable bonds is 3. The van der Waals surface area contributed by atoms with E-state index < -0.39 is 0 Å². The van der Waals surface area contributed by atoms with Gasteiger partial charge in [0.05, 0.1) is 12.4 Å². The molecule has 2 nitrogen and oxygen atoms in total. The summed E-state index contributed by atoms with van der Waals surface area (Å²) in [4.78, 5) is 11.5. The molecule has 76 valence electrons. The first-order chi connectivity index (χ1) is 6.60. The molecule has 0 atom stereocenters. The van der Waals surface area contributed by atoms with Crippen LogP contribution in [0.2, 0.25) is 0 Å². The summed E-state index contributed by atoms with van der Waals surface area (Å²) in [5, 5.41) is 0.327. The number of ether oxygens (including phenoxy) is 1. The maximum Gasteiger partial charge on any atom is 0.173 e. The van der Waals surface area contributed by atoms with E-state index in [1.54, 1.807) is 13.2 Å². The van der Waals surface area contributed by atoms with E-state index >= 15 is 0 Å². The van der Waals surface area contributed by atoms with Gasteiger partial charge in [-0.05, 0) is 24.6 Å². The van der Waals surface area contributed by atoms with Crippen LogP contribution in [0, 0.1) is 6.92 Å². The molecular formula is C10H10Br2O2. The molecule has 1 rings (SSSR count). The number of benzene rings is 1. The first-order valence-corrected chi connectivity index (χ1v) is 5.95. The van der Waals surface area contributed by atoms with E-state index in [0.29, 0.717) is 16.6 Å². The standard InChI is InChI=1S/C10H10Br2O2/c1-6-8(10(13)5-11)3-7(14-2)4-9(6)12/h3-4H,5H2,1-2H3. The number of carbonyl (C=O) groups is 1. The van der Waals surface area contributed by atoms with Gasteiger partial charge in [0.25, 0.3) is 0 Å². The van der Waals surface area contributed by atoms with Crippen LogP contribution in [0.5, 0.6) is 5.75 Å². The average Bonchev–Trinajstić information content (AvgIpc) is 2.20. The van der Waals surface area contributed by atoms with Crippen LogP contribution < -0.4 is 4.74 Å². The van der Waals surface area contributed by atoms with Gasteiger partial charge in [0.1, 0.15) is 5.75 Å². The fourth-order valence-electron chi connectivity index (χ4n) is 1.13. The van der Waals surface area contributed by atoms with Crippen molar-refractivity contribution in [1.82, 2.24) is 0 Å². The van der Waals surface area contributed by atoms with Gasteiger partial charge in [0.2, 0.25) is 0 Å². The van der Waals surface area contributed by atoms with Crippen LogP contribution in [-0.4, -0.2) is 18.2 Å². The lowest BCUT2D eigenvalue weighted by Crippen LogP contribution is -2.03. The zero-order chi connectivity index (χ0) is 10.7. The molecule has 4 heteroatoms. The van der Waals surface area contributed by atoms with Gasteiger partial charge in [-0.2, -0.15) is 0 Å². The molecule has 14 heavy (non-hydrogen) atoms. The van der Waals surface area contributed by atoms with Gasteiger partial charge in [-0.15, -0.1) is 0 Å². The summed E-state index contributed by atoms with van der Waals surface area (Å²) in [6.45, 7) is 1.90. The molecule has 0 N–H and O–H groups in total. The van der Waals surface area contributed by atoms with Gasteiger partial charge < -0.3 is 4.74 Å². The van der Waals surface area contributed by atoms with Crippen molar-refractivity contribution in [3.05, 3.63) is 27.7 Å². The molecule has 0 aliphatic carbocycles. The smallest absolute Gasteiger partial charge is 0.173 e. The third kappa shape index (κ3) is 2.36. The van der Waals surface area contributed by atoms with Crippen molar-refractivity contribution in [3.63, 3.8) is 0 Å². The molecule has 0 radical (unpaired) electrons. The Hall–Kier alpha value is -0.350. The number of ketones is 1. The minimum absolute atomic E-state index is 0.0575. The highest BCUT2D eigenvalue weighted by molar-refractivity contribution is 9.10. The van der Waals surface area contributed by atoms with Gasteiger partial charge in [-0.1, -0.05) is 31.9 Å². The molecule has 0 aliphatic heterocycles. The lowest BCUT2D eigenvalue weighted by molar-refractivity contribution is 0.102. The van der Waals surface area contributed by atoms with Crippen molar-refractivity contribution < 1.29 is 9.53 Å². The highest BCUT2D eigenvalue weighted by Gasteiger charge is 2.11. The third-order valence-corrected chi connectivity index (χ3v) is 3.31. The van der Waals surface area contributed by atoms with Crippen molar-refractivity contribution in [2.24, 2.45) is 0 Å². The largest absolute Gasteiger partial charge is 0.497 e. The molecule has 0 fully saturated rings. The Morgan fingerprint density at radius 2 is 2.14 bits per heavy atom. The monoisotopic (exact) mass is 320 g/mol. The predicted octanol–water partition coefficient (Wildman–Crippen LogP) is 3.34. The van der Waals surface area contributed by atoms with Crippen molar-refractivity contribution in [2.75, 3.05) is 12.4 Å². The van der Waals surface area contributed by atoms with E-state index in [2.05, 4.69) is 31.9 Å². The molecule has 1 aromatic carbocycles. The van der Waals surface area contributed by atoms with Crippen LogP contribution in [0.4, 0.5) is 0 Å². The molecule has 0 unspecified atom stereocenters. The Balaban J connectivity index is 3.27. The van der Waals surface area contributed by atoms with Crippen molar-refractivity contribution in [3.8, 4) is 5.75 Å². The summed E-state index contributed by atoms with van der Waals surface area (Å²) in [5.74, 6) is 0.744. The summed E-state index contributed by atoms with van der Waals surface area (Å²) in [7, 11) is 1.58. The number of hydrogen-bond donors (Lipinski definition) is 0. The Morgan fingerprint density at radius 3 is 2.64 bits per heavy atom. The lowest BCUT2D eigenvalue weighted by Gasteiger charge is -2.08. The number of hydrogen-bond acceptors (Lipinski definition) is 2. The molecule has 0 aliphatic rings. The second-order valence-corrected chi connectivity index (χ2v) is 4.25. The van der Waals surface area contributed by atoms with E-state index in [9.17, 15) is 4.79 Å². The van der Waals surface area contributed by atoms with Crippen LogP contribution in [-0.2, 0) is 0 Å². The van der Waals surface area contributed by atoms with Gasteiger partial charge >= 0.3 is 0 Å². The molecule has 1 aromatic rings. The average molecular weight is 322 g/mol. The minimum atomic E-state index is 0.0575. The number of alkyl halides is 1. The number of carbonyl (C=O) groups excluding carboxylic acids is 1. The zero-order valence-electron chi connectivity index (χ0n) is 7.93. The first kappa shape index (κ1) is 11.7. The molecule has 0 bridgehead atoms. The second-order valence-electron chi connectivity index (χ2n) is 2.84. The normalized spacial score (nSPS) is 10.0. The Bertz CT molecular complexity index is 361. The Kier molecular flexibility index (Phi) is 4.13. The molecular weight excluding hydrogens is 312 g/mol. The maximum absolute atomic E-state index is 11.5. The van der Waals surface area contributed by atoms with Crippen molar-refractivity contribution in [2.45, 2.75) is 6.92 Å². The van der Waals surface area contributed by atoms with Crippen LogP contribution in [0.25, 0.3) is 0 Å². The van der Waals surface area contributed by atoms with Crippen LogP contribution >= 0.6 is 31.9 Å². The molecule has 0 aromatic heterocycles. The molecule has 0 amide bonds. The Morgan fingerprint density at radius 1 is 1.50 bits per heavy atom. The number of halogens is 2. The Labute approximate surface area is 99.9 Å².